The highest BCUT2D eigenvalue weighted by molar-refractivity contribution is 5.81. The summed E-state index contributed by atoms with van der Waals surface area (Å²) in [7, 11) is 2.01. The van der Waals surface area contributed by atoms with Crippen LogP contribution in [-0.4, -0.2) is 66.0 Å². The molecular weight excluding hydrogens is 646 g/mol. The van der Waals surface area contributed by atoms with Crippen LogP contribution in [0.3, 0.4) is 0 Å². The second kappa shape index (κ2) is 18.1. The molecule has 270 valence electrons. The van der Waals surface area contributed by atoms with Gasteiger partial charge in [0.25, 0.3) is 0 Å². The number of carbonyl (C=O) groups excluding carboxylic acids is 2. The molecule has 0 unspecified atom stereocenters. The molecule has 4 N–H and O–H groups in total. The van der Waals surface area contributed by atoms with Crippen LogP contribution in [-0.2, 0) is 32.2 Å². The van der Waals surface area contributed by atoms with Crippen molar-refractivity contribution in [3.63, 3.8) is 0 Å². The first kappa shape index (κ1) is 37.7. The minimum Gasteiger partial charge on any atom is -0.465 e. The van der Waals surface area contributed by atoms with Gasteiger partial charge in [-0.1, -0.05) is 110 Å². The van der Waals surface area contributed by atoms with Crippen molar-refractivity contribution in [3.8, 4) is 11.1 Å². The fourth-order valence-corrected chi connectivity index (χ4v) is 6.33. The van der Waals surface area contributed by atoms with Crippen LogP contribution in [0.25, 0.3) is 11.1 Å². The summed E-state index contributed by atoms with van der Waals surface area (Å²) >= 11 is 0. The Morgan fingerprint density at radius 3 is 2.24 bits per heavy atom. The van der Waals surface area contributed by atoms with Gasteiger partial charge in [-0.25, -0.2) is 4.79 Å². The zero-order chi connectivity index (χ0) is 36.3. The van der Waals surface area contributed by atoms with Crippen LogP contribution in [0.15, 0.2) is 103 Å². The third-order valence-electron chi connectivity index (χ3n) is 9.53. The van der Waals surface area contributed by atoms with E-state index in [1.807, 2.05) is 117 Å². The average Bonchev–Trinajstić information content (AvgIpc) is 3.17. The SMILES string of the molecule is CCOC(=O)CNC(=O)NCc1ccccc1-c1ccc([C@H]2O[C@@H](CN(C)[C@@H](C)[C@H](O)c3ccccc3)[C@@H](C)[C@@H](c3ccc(CO)cc3)O2)cc1. The van der Waals surface area contributed by atoms with E-state index in [2.05, 4.69) is 22.5 Å². The maximum atomic E-state index is 12.3. The number of aliphatic hydroxyl groups excluding tert-OH is 2. The Balaban J connectivity index is 1.33. The molecule has 4 aromatic carbocycles. The zero-order valence-electron chi connectivity index (χ0n) is 29.7. The van der Waals surface area contributed by atoms with Crippen molar-refractivity contribution < 1.29 is 34.0 Å². The second-order valence-electron chi connectivity index (χ2n) is 13.0. The van der Waals surface area contributed by atoms with Gasteiger partial charge in [0.15, 0.2) is 6.29 Å². The van der Waals surface area contributed by atoms with Gasteiger partial charge >= 0.3 is 12.0 Å². The van der Waals surface area contributed by atoms with Crippen molar-refractivity contribution >= 4 is 12.0 Å². The number of aliphatic hydroxyl groups is 2. The highest BCUT2D eigenvalue weighted by atomic mass is 16.7. The van der Waals surface area contributed by atoms with Gasteiger partial charge in [-0.05, 0) is 54.3 Å². The number of rotatable bonds is 14. The van der Waals surface area contributed by atoms with Crippen LogP contribution in [0.1, 0.15) is 67.1 Å². The van der Waals surface area contributed by atoms with E-state index in [9.17, 15) is 19.8 Å². The number of benzene rings is 4. The van der Waals surface area contributed by atoms with E-state index in [0.29, 0.717) is 6.54 Å². The van der Waals surface area contributed by atoms with Crippen molar-refractivity contribution in [1.82, 2.24) is 15.5 Å². The average molecular weight is 696 g/mol. The molecule has 0 aromatic heterocycles. The van der Waals surface area contributed by atoms with E-state index in [1.165, 1.54) is 0 Å². The van der Waals surface area contributed by atoms with Gasteiger partial charge in [0, 0.05) is 30.6 Å². The molecule has 10 nitrogen and oxygen atoms in total. The minimum absolute atomic E-state index is 0.0158. The number of hydrogen-bond acceptors (Lipinski definition) is 8. The molecule has 51 heavy (non-hydrogen) atoms. The summed E-state index contributed by atoms with van der Waals surface area (Å²) in [5.41, 5.74) is 6.40. The lowest BCUT2D eigenvalue weighted by Crippen LogP contribution is -2.46. The fraction of sp³-hybridized carbons (Fsp3) is 0.366. The van der Waals surface area contributed by atoms with Crippen LogP contribution in [0, 0.1) is 5.92 Å². The fourth-order valence-electron chi connectivity index (χ4n) is 6.33. The molecule has 5 rings (SSSR count). The number of likely N-dealkylation sites (N-methyl/N-ethyl adjacent to an activating group) is 1. The van der Waals surface area contributed by atoms with Gasteiger partial charge in [0.05, 0.1) is 31.5 Å². The Kier molecular flexibility index (Phi) is 13.3. The Bertz CT molecular complexity index is 1700. The summed E-state index contributed by atoms with van der Waals surface area (Å²) < 4.78 is 18.3. The molecule has 4 aromatic rings. The highest BCUT2D eigenvalue weighted by Crippen LogP contribution is 2.42. The van der Waals surface area contributed by atoms with Crippen LogP contribution in [0.4, 0.5) is 4.79 Å². The van der Waals surface area contributed by atoms with Gasteiger partial charge in [-0.3, -0.25) is 9.69 Å². The summed E-state index contributed by atoms with van der Waals surface area (Å²) in [5, 5.41) is 26.1. The number of nitrogens with one attached hydrogen (secondary N) is 2. The number of carbonyl (C=O) groups is 2. The van der Waals surface area contributed by atoms with E-state index in [4.69, 9.17) is 14.2 Å². The third-order valence-corrected chi connectivity index (χ3v) is 9.53. The molecule has 1 fully saturated rings. The lowest BCUT2D eigenvalue weighted by Gasteiger charge is -2.43. The maximum Gasteiger partial charge on any atom is 0.325 e. The lowest BCUT2D eigenvalue weighted by molar-refractivity contribution is -0.276. The molecule has 1 aliphatic rings. The van der Waals surface area contributed by atoms with Crippen molar-refractivity contribution in [2.75, 3.05) is 26.7 Å². The molecule has 0 spiro atoms. The van der Waals surface area contributed by atoms with Crippen molar-refractivity contribution in [1.29, 1.82) is 0 Å². The van der Waals surface area contributed by atoms with E-state index < -0.39 is 24.4 Å². The Labute approximate surface area is 300 Å². The molecule has 1 saturated heterocycles. The first-order valence-corrected chi connectivity index (χ1v) is 17.5. The summed E-state index contributed by atoms with van der Waals surface area (Å²) in [6, 6.07) is 32.8. The molecule has 0 saturated carbocycles. The van der Waals surface area contributed by atoms with Gasteiger partial charge in [0.2, 0.25) is 0 Å². The Morgan fingerprint density at radius 1 is 0.882 bits per heavy atom. The largest absolute Gasteiger partial charge is 0.465 e. The summed E-state index contributed by atoms with van der Waals surface area (Å²) in [5.74, 6) is -0.507. The van der Waals surface area contributed by atoms with Gasteiger partial charge in [-0.2, -0.15) is 0 Å². The number of ether oxygens (including phenoxy) is 3. The second-order valence-corrected chi connectivity index (χ2v) is 13.0. The molecule has 1 aliphatic heterocycles. The van der Waals surface area contributed by atoms with E-state index in [1.54, 1.807) is 6.92 Å². The Hall–Kier alpha value is -4.58. The molecule has 10 heteroatoms. The molecule has 0 aliphatic carbocycles. The standard InChI is InChI=1S/C41H49N3O7/c1-5-49-37(46)24-43-41(48)42-23-34-13-9-10-14-35(34)30-19-21-33(22-20-30)40-50-36(25-44(4)28(3)38(47)31-11-7-6-8-12-31)27(2)39(51-40)32-17-15-29(26-45)16-18-32/h6-22,27-28,36,38-40,45,47H,5,23-26H2,1-4H3,(H2,42,43,48)/t27-,28+,36+,38+,39+,40+/m1/s1. The molecule has 0 radical (unpaired) electrons. The number of urea groups is 1. The lowest BCUT2D eigenvalue weighted by atomic mass is 9.89. The minimum atomic E-state index is -0.659. The predicted octanol–water partition coefficient (Wildman–Crippen LogP) is 6.05. The van der Waals surface area contributed by atoms with Crippen molar-refractivity contribution in [3.05, 3.63) is 131 Å². The van der Waals surface area contributed by atoms with Crippen LogP contribution < -0.4 is 10.6 Å². The third kappa shape index (κ3) is 9.81. The van der Waals surface area contributed by atoms with Gasteiger partial charge < -0.3 is 35.1 Å². The van der Waals surface area contributed by atoms with Gasteiger partial charge in [-0.15, -0.1) is 0 Å². The van der Waals surface area contributed by atoms with E-state index >= 15 is 0 Å². The monoisotopic (exact) mass is 695 g/mol. The topological polar surface area (TPSA) is 130 Å². The number of esters is 1. The molecule has 2 amide bonds. The van der Waals surface area contributed by atoms with E-state index in [0.717, 1.165) is 38.9 Å². The smallest absolute Gasteiger partial charge is 0.325 e. The quantitative estimate of drug-likeness (QED) is 0.117. The van der Waals surface area contributed by atoms with Crippen molar-refractivity contribution in [2.24, 2.45) is 5.92 Å². The number of hydrogen-bond donors (Lipinski definition) is 4. The molecular formula is C41H49N3O7. The summed E-state index contributed by atoms with van der Waals surface area (Å²) in [6.07, 6.45) is -1.80. The van der Waals surface area contributed by atoms with Gasteiger partial charge in [0.1, 0.15) is 6.54 Å². The first-order valence-electron chi connectivity index (χ1n) is 17.5. The Morgan fingerprint density at radius 2 is 1.55 bits per heavy atom. The highest BCUT2D eigenvalue weighted by Gasteiger charge is 2.39. The van der Waals surface area contributed by atoms with Crippen LogP contribution in [0.2, 0.25) is 0 Å². The summed E-state index contributed by atoms with van der Waals surface area (Å²) in [6.45, 7) is 6.72. The maximum absolute atomic E-state index is 12.3. The predicted molar refractivity (Wildman–Crippen MR) is 195 cm³/mol. The van der Waals surface area contributed by atoms with Crippen LogP contribution >= 0.6 is 0 Å². The molecule has 1 heterocycles. The van der Waals surface area contributed by atoms with E-state index in [-0.39, 0.29) is 50.5 Å². The zero-order valence-corrected chi connectivity index (χ0v) is 29.7. The normalized spacial score (nSPS) is 20.0. The van der Waals surface area contributed by atoms with Crippen LogP contribution in [0.5, 0.6) is 0 Å². The number of nitrogens with zero attached hydrogens (tertiary/aromatic N) is 1. The van der Waals surface area contributed by atoms with Crippen molar-refractivity contribution in [2.45, 2.75) is 64.6 Å². The molecule has 0 bridgehead atoms. The first-order chi connectivity index (χ1) is 24.7. The number of amides is 2. The summed E-state index contributed by atoms with van der Waals surface area (Å²) in [4.78, 5) is 26.1. The molecule has 6 atom stereocenters.